The first kappa shape index (κ1) is 15.1. The van der Waals surface area contributed by atoms with Crippen molar-refractivity contribution >= 4 is 10.0 Å². The Balaban J connectivity index is 1.68. The molecule has 1 atom stereocenters. The zero-order valence-corrected chi connectivity index (χ0v) is 13.3. The lowest BCUT2D eigenvalue weighted by atomic mass is 10.00. The molecule has 0 aliphatic carbocycles. The summed E-state index contributed by atoms with van der Waals surface area (Å²) in [5.41, 5.74) is 0.926. The molecule has 0 N–H and O–H groups in total. The summed E-state index contributed by atoms with van der Waals surface area (Å²) in [7, 11) is -3.12. The van der Waals surface area contributed by atoms with Crippen LogP contribution in [0.2, 0.25) is 0 Å². The van der Waals surface area contributed by atoms with Gasteiger partial charge in [-0.15, -0.1) is 10.2 Å². The van der Waals surface area contributed by atoms with E-state index in [0.717, 1.165) is 18.4 Å². The Morgan fingerprint density at radius 3 is 2.77 bits per heavy atom. The highest BCUT2D eigenvalue weighted by Crippen LogP contribution is 2.20. The number of hydrogen-bond acceptors (Lipinski definition) is 5. The molecule has 118 valence electrons. The molecule has 0 saturated carbocycles. The van der Waals surface area contributed by atoms with Crippen molar-refractivity contribution in [3.05, 3.63) is 30.3 Å². The van der Waals surface area contributed by atoms with E-state index < -0.39 is 10.0 Å². The predicted octanol–water partition coefficient (Wildman–Crippen LogP) is 1.01. The summed E-state index contributed by atoms with van der Waals surface area (Å²) in [6.45, 7) is 1.72. The number of rotatable bonds is 4. The molecule has 1 fully saturated rings. The molecule has 1 aromatic heterocycles. The minimum absolute atomic E-state index is 0.223. The fraction of sp³-hybridized carbons (Fsp3) is 0.500. The van der Waals surface area contributed by atoms with E-state index in [1.165, 1.54) is 10.6 Å². The van der Waals surface area contributed by atoms with Crippen LogP contribution in [0.25, 0.3) is 11.4 Å². The molecule has 3 rings (SSSR count). The van der Waals surface area contributed by atoms with Crippen LogP contribution >= 0.6 is 0 Å². The molecule has 0 amide bonds. The average molecular weight is 321 g/mol. The Labute approximate surface area is 130 Å². The van der Waals surface area contributed by atoms with Gasteiger partial charge >= 0.3 is 0 Å². The summed E-state index contributed by atoms with van der Waals surface area (Å²) in [4.78, 5) is 1.57. The molecule has 0 spiro atoms. The zero-order chi connectivity index (χ0) is 15.6. The predicted molar refractivity (Wildman–Crippen MR) is 82.4 cm³/mol. The summed E-state index contributed by atoms with van der Waals surface area (Å²) in [5, 5.41) is 12.5. The number of aromatic nitrogens is 4. The van der Waals surface area contributed by atoms with E-state index in [9.17, 15) is 8.42 Å². The van der Waals surface area contributed by atoms with Gasteiger partial charge in [0.25, 0.3) is 0 Å². The van der Waals surface area contributed by atoms with E-state index in [1.54, 1.807) is 4.80 Å². The maximum absolute atomic E-state index is 11.6. The quantitative estimate of drug-likeness (QED) is 0.839. The number of nitrogens with zero attached hydrogens (tertiary/aromatic N) is 5. The summed E-state index contributed by atoms with van der Waals surface area (Å²) >= 11 is 0. The Hall–Kier alpha value is -1.80. The third-order valence-corrected chi connectivity index (χ3v) is 5.13. The lowest BCUT2D eigenvalue weighted by Gasteiger charge is -2.30. The van der Waals surface area contributed by atoms with E-state index in [4.69, 9.17) is 0 Å². The SMILES string of the molecule is CS(=O)(=O)N1CCCC(Cn2nnc(-c3ccccc3)n2)C1. The maximum atomic E-state index is 11.6. The second-order valence-corrected chi connectivity index (χ2v) is 7.65. The molecule has 1 aromatic carbocycles. The molecule has 2 heterocycles. The largest absolute Gasteiger partial charge is 0.213 e. The van der Waals surface area contributed by atoms with Gasteiger partial charge in [-0.3, -0.25) is 0 Å². The standard InChI is InChI=1S/C14H19N5O2S/c1-22(20,21)18-9-5-6-12(10-18)11-19-16-14(15-17-19)13-7-3-2-4-8-13/h2-4,7-8,12H,5-6,9-11H2,1H3. The number of hydrogen-bond donors (Lipinski definition) is 0. The van der Waals surface area contributed by atoms with Gasteiger partial charge < -0.3 is 0 Å². The first-order chi connectivity index (χ1) is 10.5. The van der Waals surface area contributed by atoms with Gasteiger partial charge in [0, 0.05) is 18.7 Å². The zero-order valence-electron chi connectivity index (χ0n) is 12.5. The van der Waals surface area contributed by atoms with E-state index in [-0.39, 0.29) is 5.92 Å². The molecular weight excluding hydrogens is 302 g/mol. The van der Waals surface area contributed by atoms with Gasteiger partial charge in [0.05, 0.1) is 12.8 Å². The van der Waals surface area contributed by atoms with Crippen LogP contribution in [0.4, 0.5) is 0 Å². The second kappa shape index (κ2) is 6.13. The van der Waals surface area contributed by atoms with Crippen LogP contribution in [-0.2, 0) is 16.6 Å². The van der Waals surface area contributed by atoms with E-state index >= 15 is 0 Å². The summed E-state index contributed by atoms with van der Waals surface area (Å²) in [6, 6.07) is 9.68. The van der Waals surface area contributed by atoms with E-state index in [0.29, 0.717) is 25.5 Å². The van der Waals surface area contributed by atoms with Crippen LogP contribution in [0.5, 0.6) is 0 Å². The molecule has 7 nitrogen and oxygen atoms in total. The first-order valence-corrected chi connectivity index (χ1v) is 9.15. The van der Waals surface area contributed by atoms with Crippen LogP contribution in [0.15, 0.2) is 30.3 Å². The smallest absolute Gasteiger partial charge is 0.211 e. The number of sulfonamides is 1. The van der Waals surface area contributed by atoms with Crippen molar-refractivity contribution < 1.29 is 8.42 Å². The number of piperidine rings is 1. The van der Waals surface area contributed by atoms with Crippen molar-refractivity contribution in [1.29, 1.82) is 0 Å². The minimum atomic E-state index is -3.12. The van der Waals surface area contributed by atoms with Crippen LogP contribution in [-0.4, -0.2) is 52.3 Å². The Kier molecular flexibility index (Phi) is 4.21. The Morgan fingerprint density at radius 1 is 1.27 bits per heavy atom. The first-order valence-electron chi connectivity index (χ1n) is 7.31. The molecular formula is C14H19N5O2S. The van der Waals surface area contributed by atoms with Crippen molar-refractivity contribution in [3.8, 4) is 11.4 Å². The molecule has 1 aliphatic heterocycles. The van der Waals surface area contributed by atoms with Crippen LogP contribution in [0.3, 0.4) is 0 Å². The third-order valence-electron chi connectivity index (χ3n) is 3.86. The highest BCUT2D eigenvalue weighted by molar-refractivity contribution is 7.88. The van der Waals surface area contributed by atoms with Crippen molar-refractivity contribution in [2.75, 3.05) is 19.3 Å². The van der Waals surface area contributed by atoms with E-state index in [2.05, 4.69) is 15.4 Å². The number of tetrazole rings is 1. The minimum Gasteiger partial charge on any atom is -0.213 e. The van der Waals surface area contributed by atoms with Gasteiger partial charge in [0.2, 0.25) is 15.8 Å². The van der Waals surface area contributed by atoms with Crippen LogP contribution in [0.1, 0.15) is 12.8 Å². The normalized spacial score (nSPS) is 20.1. The lowest BCUT2D eigenvalue weighted by molar-refractivity contribution is 0.232. The second-order valence-electron chi connectivity index (χ2n) is 5.66. The lowest BCUT2D eigenvalue weighted by Crippen LogP contribution is -2.40. The van der Waals surface area contributed by atoms with Crippen molar-refractivity contribution in [1.82, 2.24) is 24.5 Å². The van der Waals surface area contributed by atoms with Gasteiger partial charge in [0.1, 0.15) is 0 Å². The molecule has 2 aromatic rings. The van der Waals surface area contributed by atoms with Gasteiger partial charge in [-0.25, -0.2) is 12.7 Å². The Bertz CT molecular complexity index is 729. The maximum Gasteiger partial charge on any atom is 0.211 e. The van der Waals surface area contributed by atoms with Crippen LogP contribution in [0, 0.1) is 5.92 Å². The molecule has 1 unspecified atom stereocenters. The van der Waals surface area contributed by atoms with E-state index in [1.807, 2.05) is 30.3 Å². The number of benzene rings is 1. The highest BCUT2D eigenvalue weighted by Gasteiger charge is 2.26. The summed E-state index contributed by atoms with van der Waals surface area (Å²) in [5.74, 6) is 0.817. The molecule has 1 saturated heterocycles. The van der Waals surface area contributed by atoms with Gasteiger partial charge in [-0.1, -0.05) is 30.3 Å². The van der Waals surface area contributed by atoms with Crippen molar-refractivity contribution in [2.24, 2.45) is 5.92 Å². The fourth-order valence-electron chi connectivity index (χ4n) is 2.73. The van der Waals surface area contributed by atoms with Crippen LogP contribution < -0.4 is 0 Å². The highest BCUT2D eigenvalue weighted by atomic mass is 32.2. The molecule has 0 bridgehead atoms. The Morgan fingerprint density at radius 2 is 2.05 bits per heavy atom. The molecule has 22 heavy (non-hydrogen) atoms. The third kappa shape index (κ3) is 3.50. The molecule has 1 aliphatic rings. The van der Waals surface area contributed by atoms with Gasteiger partial charge in [-0.05, 0) is 24.0 Å². The summed E-state index contributed by atoms with van der Waals surface area (Å²) < 4.78 is 24.8. The van der Waals surface area contributed by atoms with Crippen molar-refractivity contribution in [2.45, 2.75) is 19.4 Å². The monoisotopic (exact) mass is 321 g/mol. The fourth-order valence-corrected chi connectivity index (χ4v) is 3.67. The van der Waals surface area contributed by atoms with Crippen molar-refractivity contribution in [3.63, 3.8) is 0 Å². The topological polar surface area (TPSA) is 81.0 Å². The molecule has 0 radical (unpaired) electrons. The van der Waals surface area contributed by atoms with Gasteiger partial charge in [0.15, 0.2) is 0 Å². The summed E-state index contributed by atoms with van der Waals surface area (Å²) in [6.07, 6.45) is 3.11. The van der Waals surface area contributed by atoms with Gasteiger partial charge in [-0.2, -0.15) is 4.80 Å². The average Bonchev–Trinajstić information content (AvgIpc) is 2.96. The molecule has 8 heteroatoms.